The first-order valence-electron chi connectivity index (χ1n) is 21.0. The third-order valence-corrected chi connectivity index (χ3v) is 10.1. The van der Waals surface area contributed by atoms with Crippen molar-refractivity contribution in [1.82, 2.24) is 0 Å². The standard InChI is InChI=1S/C43H76NO9P/c1-6-8-9-10-11-12-13-18-21-24-27-30-33-42(45)49-37-39(38-51-54(47,48)50-36-35-44(3,4)5)52-43(46)34-31-28-25-22-19-16-14-15-17-20-23-26-29-32-41-40(7-2)53-41/h14,16-17,20,22,25-26,29,39-41H,6-13,15,18-19,21,23-24,27-28,30-38H2,1-5H3/p+1/b16-14-,20-17-,25-22-,29-26-. The Labute approximate surface area is 329 Å². The molecule has 0 aromatic heterocycles. The number of allylic oxidation sites excluding steroid dienone is 7. The quantitative estimate of drug-likeness (QED) is 0.0165. The summed E-state index contributed by atoms with van der Waals surface area (Å²) in [5.41, 5.74) is 0. The topological polar surface area (TPSA) is 121 Å². The van der Waals surface area contributed by atoms with Gasteiger partial charge in [-0.25, -0.2) is 4.57 Å². The van der Waals surface area contributed by atoms with Crippen LogP contribution in [0.15, 0.2) is 48.6 Å². The predicted octanol–water partition coefficient (Wildman–Crippen LogP) is 10.5. The smallest absolute Gasteiger partial charge is 0.462 e. The number of phosphoric acid groups is 1. The lowest BCUT2D eigenvalue weighted by Gasteiger charge is -2.24. The molecule has 0 aromatic carbocycles. The van der Waals surface area contributed by atoms with Crippen LogP contribution in [0.2, 0.25) is 0 Å². The van der Waals surface area contributed by atoms with Gasteiger partial charge in [-0.3, -0.25) is 18.6 Å². The predicted molar refractivity (Wildman–Crippen MR) is 219 cm³/mol. The molecule has 54 heavy (non-hydrogen) atoms. The zero-order valence-corrected chi connectivity index (χ0v) is 35.5. The van der Waals surface area contributed by atoms with Crippen molar-refractivity contribution in [3.8, 4) is 0 Å². The average Bonchev–Trinajstić information content (AvgIpc) is 3.89. The number of hydrogen-bond donors (Lipinski definition) is 1. The molecule has 1 N–H and O–H groups in total. The Balaban J connectivity index is 2.33. The van der Waals surface area contributed by atoms with E-state index in [1.165, 1.54) is 57.8 Å². The first kappa shape index (κ1) is 49.9. The van der Waals surface area contributed by atoms with E-state index < -0.39 is 26.5 Å². The molecule has 0 amide bonds. The van der Waals surface area contributed by atoms with E-state index in [1.807, 2.05) is 27.2 Å². The summed E-state index contributed by atoms with van der Waals surface area (Å²) in [4.78, 5) is 35.3. The van der Waals surface area contributed by atoms with E-state index >= 15 is 0 Å². The molecule has 4 unspecified atom stereocenters. The van der Waals surface area contributed by atoms with Gasteiger partial charge in [-0.05, 0) is 51.4 Å². The van der Waals surface area contributed by atoms with Gasteiger partial charge in [0.1, 0.15) is 19.8 Å². The number of hydrogen-bond acceptors (Lipinski definition) is 8. The second-order valence-corrected chi connectivity index (χ2v) is 16.8. The minimum Gasteiger partial charge on any atom is -0.462 e. The number of rotatable bonds is 36. The van der Waals surface area contributed by atoms with Crippen LogP contribution in [0, 0.1) is 0 Å². The van der Waals surface area contributed by atoms with Gasteiger partial charge < -0.3 is 23.6 Å². The van der Waals surface area contributed by atoms with Gasteiger partial charge in [0.2, 0.25) is 0 Å². The third-order valence-electron chi connectivity index (χ3n) is 9.10. The SMILES string of the molecule is CCCCCCCCCCCCCCC(=O)OCC(COP(=O)(O)OCC[N+](C)(C)C)OC(=O)CCC/C=C\C/C=C\C/C=C\C/C=C\CC1OC1CC. The largest absolute Gasteiger partial charge is 0.472 e. The van der Waals surface area contributed by atoms with Crippen molar-refractivity contribution in [3.63, 3.8) is 0 Å². The second kappa shape index (κ2) is 32.1. The molecule has 1 saturated heterocycles. The van der Waals surface area contributed by atoms with E-state index in [1.54, 1.807) is 0 Å². The summed E-state index contributed by atoms with van der Waals surface area (Å²) in [5.74, 6) is -0.873. The molecule has 1 aliphatic rings. The minimum atomic E-state index is -4.39. The Morgan fingerprint density at radius 2 is 1.22 bits per heavy atom. The van der Waals surface area contributed by atoms with Crippen molar-refractivity contribution >= 4 is 19.8 Å². The molecule has 11 heteroatoms. The fourth-order valence-electron chi connectivity index (χ4n) is 5.65. The molecule has 1 fully saturated rings. The molecule has 1 heterocycles. The molecule has 10 nitrogen and oxygen atoms in total. The molecular formula is C43H77NO9P+. The van der Waals surface area contributed by atoms with Gasteiger partial charge >= 0.3 is 19.8 Å². The molecular weight excluding hydrogens is 705 g/mol. The number of quaternary nitrogens is 1. The van der Waals surface area contributed by atoms with Gasteiger partial charge in [-0.15, -0.1) is 0 Å². The van der Waals surface area contributed by atoms with E-state index in [0.717, 1.165) is 51.4 Å². The summed E-state index contributed by atoms with van der Waals surface area (Å²) >= 11 is 0. The number of unbranched alkanes of at least 4 members (excludes halogenated alkanes) is 12. The van der Waals surface area contributed by atoms with Gasteiger partial charge in [0, 0.05) is 12.8 Å². The van der Waals surface area contributed by atoms with E-state index in [9.17, 15) is 19.0 Å². The highest BCUT2D eigenvalue weighted by Crippen LogP contribution is 2.43. The Kier molecular flexibility index (Phi) is 29.7. The lowest BCUT2D eigenvalue weighted by Crippen LogP contribution is -2.37. The maximum absolute atomic E-state index is 12.6. The Hall–Kier alpha value is -2.07. The van der Waals surface area contributed by atoms with Crippen LogP contribution in [0.25, 0.3) is 0 Å². The molecule has 4 atom stereocenters. The maximum atomic E-state index is 12.6. The van der Waals surface area contributed by atoms with Crippen molar-refractivity contribution in [1.29, 1.82) is 0 Å². The van der Waals surface area contributed by atoms with Crippen LogP contribution >= 0.6 is 7.82 Å². The summed E-state index contributed by atoms with van der Waals surface area (Å²) in [7, 11) is 1.43. The van der Waals surface area contributed by atoms with Crippen molar-refractivity contribution in [3.05, 3.63) is 48.6 Å². The number of ether oxygens (including phenoxy) is 3. The fraction of sp³-hybridized carbons (Fsp3) is 0.767. The molecule has 312 valence electrons. The van der Waals surface area contributed by atoms with Gasteiger partial charge in [-0.2, -0.15) is 0 Å². The lowest BCUT2D eigenvalue weighted by molar-refractivity contribution is -0.870. The third kappa shape index (κ3) is 32.2. The second-order valence-electron chi connectivity index (χ2n) is 15.4. The van der Waals surface area contributed by atoms with E-state index in [2.05, 4.69) is 56.4 Å². The van der Waals surface area contributed by atoms with Gasteiger partial charge in [0.15, 0.2) is 6.10 Å². The molecule has 0 bridgehead atoms. The van der Waals surface area contributed by atoms with Gasteiger partial charge in [0.25, 0.3) is 0 Å². The Bertz CT molecular complexity index is 1130. The normalized spacial score (nSPS) is 17.9. The van der Waals surface area contributed by atoms with Crippen LogP contribution in [0.1, 0.15) is 149 Å². The summed E-state index contributed by atoms with van der Waals surface area (Å²) in [6.07, 6.45) is 37.9. The molecule has 1 rings (SSSR count). The summed E-state index contributed by atoms with van der Waals surface area (Å²) in [6, 6.07) is 0. The van der Waals surface area contributed by atoms with Crippen LogP contribution in [0.3, 0.4) is 0 Å². The Morgan fingerprint density at radius 3 is 1.78 bits per heavy atom. The highest BCUT2D eigenvalue weighted by Gasteiger charge is 2.35. The monoisotopic (exact) mass is 783 g/mol. The molecule has 0 aromatic rings. The summed E-state index contributed by atoms with van der Waals surface area (Å²) in [5, 5.41) is 0. The number of carbonyl (C=O) groups excluding carboxylic acids is 2. The zero-order chi connectivity index (χ0) is 39.8. The van der Waals surface area contributed by atoms with Crippen molar-refractivity contribution in [2.45, 2.75) is 167 Å². The minimum absolute atomic E-state index is 0.0184. The first-order valence-corrected chi connectivity index (χ1v) is 22.5. The fourth-order valence-corrected chi connectivity index (χ4v) is 6.39. The number of phosphoric ester groups is 1. The highest BCUT2D eigenvalue weighted by molar-refractivity contribution is 7.47. The van der Waals surface area contributed by atoms with E-state index in [0.29, 0.717) is 36.1 Å². The van der Waals surface area contributed by atoms with Crippen LogP contribution < -0.4 is 0 Å². The highest BCUT2D eigenvalue weighted by atomic mass is 31.2. The lowest BCUT2D eigenvalue weighted by atomic mass is 10.0. The van der Waals surface area contributed by atoms with Crippen molar-refractivity contribution in [2.75, 3.05) is 47.5 Å². The number of esters is 2. The number of likely N-dealkylation sites (N-methyl/N-ethyl adjacent to an activating group) is 1. The molecule has 1 aliphatic heterocycles. The molecule has 0 spiro atoms. The van der Waals surface area contributed by atoms with Crippen LogP contribution in [-0.4, -0.2) is 87.1 Å². The molecule has 0 radical (unpaired) electrons. The van der Waals surface area contributed by atoms with Gasteiger partial charge in [0.05, 0.1) is 40.0 Å². The van der Waals surface area contributed by atoms with E-state index in [-0.39, 0.29) is 32.0 Å². The number of carbonyl (C=O) groups is 2. The zero-order valence-electron chi connectivity index (χ0n) is 34.6. The first-order chi connectivity index (χ1) is 26.0. The average molecular weight is 783 g/mol. The van der Waals surface area contributed by atoms with E-state index in [4.69, 9.17) is 23.3 Å². The molecule has 0 saturated carbocycles. The molecule has 0 aliphatic carbocycles. The van der Waals surface area contributed by atoms with Crippen molar-refractivity contribution < 1.29 is 46.8 Å². The van der Waals surface area contributed by atoms with Gasteiger partial charge in [-0.1, -0.05) is 133 Å². The van der Waals surface area contributed by atoms with Crippen LogP contribution in [-0.2, 0) is 37.4 Å². The number of epoxide rings is 1. The maximum Gasteiger partial charge on any atom is 0.472 e. The Morgan fingerprint density at radius 1 is 0.685 bits per heavy atom. The number of nitrogens with zero attached hydrogens (tertiary/aromatic N) is 1. The van der Waals surface area contributed by atoms with Crippen molar-refractivity contribution in [2.24, 2.45) is 0 Å². The summed E-state index contributed by atoms with van der Waals surface area (Å²) < 4.78 is 39.7. The summed E-state index contributed by atoms with van der Waals surface area (Å²) in [6.45, 7) is 4.23. The van der Waals surface area contributed by atoms with Crippen LogP contribution in [0.4, 0.5) is 0 Å². The van der Waals surface area contributed by atoms with Crippen LogP contribution in [0.5, 0.6) is 0 Å².